The minimum absolute atomic E-state index is 0.000287. The molecule has 0 aliphatic heterocycles. The SMILES string of the molecule is CCC(N)c1ccccc1OCc1ccc(C)cc1Cl. The lowest BCUT2D eigenvalue weighted by Gasteiger charge is -2.16. The number of aryl methyl sites for hydroxylation is 1. The zero-order chi connectivity index (χ0) is 14.5. The number of ether oxygens (including phenoxy) is 1. The van der Waals surface area contributed by atoms with Gasteiger partial charge in [0, 0.05) is 22.2 Å². The van der Waals surface area contributed by atoms with Crippen molar-refractivity contribution in [2.45, 2.75) is 32.9 Å². The third kappa shape index (κ3) is 3.53. The first-order valence-electron chi connectivity index (χ1n) is 6.84. The quantitative estimate of drug-likeness (QED) is 0.870. The van der Waals surface area contributed by atoms with Crippen molar-refractivity contribution in [1.82, 2.24) is 0 Å². The van der Waals surface area contributed by atoms with Crippen molar-refractivity contribution in [3.05, 3.63) is 64.2 Å². The Hall–Kier alpha value is -1.51. The average Bonchev–Trinajstić information content (AvgIpc) is 2.46. The fraction of sp³-hybridized carbons (Fsp3) is 0.294. The Kier molecular flexibility index (Phi) is 5.05. The number of para-hydroxylation sites is 1. The Morgan fingerprint density at radius 2 is 1.95 bits per heavy atom. The molecule has 0 aliphatic rings. The van der Waals surface area contributed by atoms with Crippen LogP contribution in [0.15, 0.2) is 42.5 Å². The van der Waals surface area contributed by atoms with Crippen LogP contribution in [0, 0.1) is 6.92 Å². The maximum atomic E-state index is 6.22. The van der Waals surface area contributed by atoms with Crippen molar-refractivity contribution in [3.63, 3.8) is 0 Å². The van der Waals surface area contributed by atoms with Crippen LogP contribution in [-0.4, -0.2) is 0 Å². The highest BCUT2D eigenvalue weighted by atomic mass is 35.5. The molecule has 0 spiro atoms. The fourth-order valence-corrected chi connectivity index (χ4v) is 2.35. The summed E-state index contributed by atoms with van der Waals surface area (Å²) in [6, 6.07) is 13.9. The van der Waals surface area contributed by atoms with E-state index in [0.29, 0.717) is 6.61 Å². The number of rotatable bonds is 5. The lowest BCUT2D eigenvalue weighted by molar-refractivity contribution is 0.301. The van der Waals surface area contributed by atoms with Gasteiger partial charge in [-0.1, -0.05) is 48.9 Å². The second-order valence-corrected chi connectivity index (χ2v) is 5.34. The van der Waals surface area contributed by atoms with Gasteiger partial charge in [-0.3, -0.25) is 0 Å². The molecule has 2 aromatic carbocycles. The number of halogens is 1. The van der Waals surface area contributed by atoms with Gasteiger partial charge in [-0.05, 0) is 31.0 Å². The van der Waals surface area contributed by atoms with Gasteiger partial charge < -0.3 is 10.5 Å². The molecule has 0 aromatic heterocycles. The van der Waals surface area contributed by atoms with Crippen LogP contribution in [0.5, 0.6) is 5.75 Å². The summed E-state index contributed by atoms with van der Waals surface area (Å²) in [5, 5.41) is 0.738. The number of hydrogen-bond acceptors (Lipinski definition) is 2. The molecular formula is C17H20ClNO. The van der Waals surface area contributed by atoms with Crippen LogP contribution in [0.25, 0.3) is 0 Å². The molecule has 0 radical (unpaired) electrons. The molecule has 2 aromatic rings. The first-order chi connectivity index (χ1) is 9.61. The molecule has 1 atom stereocenters. The monoisotopic (exact) mass is 289 g/mol. The highest BCUT2D eigenvalue weighted by Crippen LogP contribution is 2.27. The summed E-state index contributed by atoms with van der Waals surface area (Å²) in [7, 11) is 0. The standard InChI is InChI=1S/C17H20ClNO/c1-3-16(19)14-6-4-5-7-17(14)20-11-13-9-8-12(2)10-15(13)18/h4-10,16H,3,11,19H2,1-2H3. The summed E-state index contributed by atoms with van der Waals surface area (Å²) < 4.78 is 5.90. The Labute approximate surface area is 125 Å². The summed E-state index contributed by atoms with van der Waals surface area (Å²) in [5.74, 6) is 0.832. The van der Waals surface area contributed by atoms with Crippen LogP contribution in [0.4, 0.5) is 0 Å². The predicted octanol–water partition coefficient (Wildman–Crippen LogP) is 4.64. The molecular weight excluding hydrogens is 270 g/mol. The Bertz CT molecular complexity index is 583. The minimum atomic E-state index is -0.000287. The van der Waals surface area contributed by atoms with E-state index in [1.54, 1.807) is 0 Å². The molecule has 2 nitrogen and oxygen atoms in total. The molecule has 0 fully saturated rings. The topological polar surface area (TPSA) is 35.2 Å². The minimum Gasteiger partial charge on any atom is -0.489 e. The number of nitrogens with two attached hydrogens (primary N) is 1. The van der Waals surface area contributed by atoms with Gasteiger partial charge in [-0.15, -0.1) is 0 Å². The molecule has 0 aliphatic carbocycles. The van der Waals surface area contributed by atoms with Gasteiger partial charge in [0.2, 0.25) is 0 Å². The van der Waals surface area contributed by atoms with Gasteiger partial charge in [-0.2, -0.15) is 0 Å². The van der Waals surface area contributed by atoms with E-state index < -0.39 is 0 Å². The maximum absolute atomic E-state index is 6.22. The van der Waals surface area contributed by atoms with E-state index in [2.05, 4.69) is 6.92 Å². The summed E-state index contributed by atoms with van der Waals surface area (Å²) >= 11 is 6.22. The van der Waals surface area contributed by atoms with Gasteiger partial charge >= 0.3 is 0 Å². The largest absolute Gasteiger partial charge is 0.489 e. The molecule has 1 unspecified atom stereocenters. The Morgan fingerprint density at radius 3 is 2.65 bits per heavy atom. The smallest absolute Gasteiger partial charge is 0.124 e. The van der Waals surface area contributed by atoms with Gasteiger partial charge in [-0.25, -0.2) is 0 Å². The van der Waals surface area contributed by atoms with Crippen LogP contribution in [0.3, 0.4) is 0 Å². The molecule has 106 valence electrons. The van der Waals surface area contributed by atoms with E-state index >= 15 is 0 Å². The molecule has 2 rings (SSSR count). The highest BCUT2D eigenvalue weighted by molar-refractivity contribution is 6.31. The lowest BCUT2D eigenvalue weighted by atomic mass is 10.0. The van der Waals surface area contributed by atoms with Crippen molar-refractivity contribution in [1.29, 1.82) is 0 Å². The zero-order valence-electron chi connectivity index (χ0n) is 11.9. The van der Waals surface area contributed by atoms with E-state index in [-0.39, 0.29) is 6.04 Å². The third-order valence-corrected chi connectivity index (χ3v) is 3.70. The second-order valence-electron chi connectivity index (χ2n) is 4.94. The molecule has 20 heavy (non-hydrogen) atoms. The van der Waals surface area contributed by atoms with Crippen molar-refractivity contribution in [2.24, 2.45) is 5.73 Å². The molecule has 0 bridgehead atoms. The van der Waals surface area contributed by atoms with E-state index in [1.165, 1.54) is 0 Å². The normalized spacial score (nSPS) is 12.2. The molecule has 0 heterocycles. The summed E-state index contributed by atoms with van der Waals surface area (Å²) in [5.41, 5.74) is 9.28. The van der Waals surface area contributed by atoms with Crippen molar-refractivity contribution in [2.75, 3.05) is 0 Å². The Balaban J connectivity index is 2.15. The summed E-state index contributed by atoms with van der Waals surface area (Å²) in [6.45, 7) is 4.54. The summed E-state index contributed by atoms with van der Waals surface area (Å²) in [4.78, 5) is 0. The maximum Gasteiger partial charge on any atom is 0.124 e. The molecule has 0 saturated heterocycles. The van der Waals surface area contributed by atoms with Crippen molar-refractivity contribution >= 4 is 11.6 Å². The first-order valence-corrected chi connectivity index (χ1v) is 7.22. The predicted molar refractivity (Wildman–Crippen MR) is 84.2 cm³/mol. The Morgan fingerprint density at radius 1 is 1.20 bits per heavy atom. The number of benzene rings is 2. The second kappa shape index (κ2) is 6.78. The zero-order valence-corrected chi connectivity index (χ0v) is 12.7. The van der Waals surface area contributed by atoms with Gasteiger partial charge in [0.15, 0.2) is 0 Å². The molecule has 3 heteroatoms. The van der Waals surface area contributed by atoms with E-state index in [1.807, 2.05) is 49.4 Å². The molecule has 2 N–H and O–H groups in total. The first kappa shape index (κ1) is 14.9. The summed E-state index contributed by atoms with van der Waals surface area (Å²) in [6.07, 6.45) is 0.881. The van der Waals surface area contributed by atoms with Crippen LogP contribution in [-0.2, 0) is 6.61 Å². The lowest BCUT2D eigenvalue weighted by Crippen LogP contribution is -2.10. The van der Waals surface area contributed by atoms with Gasteiger partial charge in [0.05, 0.1) is 0 Å². The van der Waals surface area contributed by atoms with Crippen LogP contribution in [0.1, 0.15) is 36.1 Å². The van der Waals surface area contributed by atoms with Gasteiger partial charge in [0.25, 0.3) is 0 Å². The number of hydrogen-bond donors (Lipinski definition) is 1. The van der Waals surface area contributed by atoms with Crippen molar-refractivity contribution in [3.8, 4) is 5.75 Å². The van der Waals surface area contributed by atoms with Gasteiger partial charge in [0.1, 0.15) is 12.4 Å². The van der Waals surface area contributed by atoms with E-state index in [0.717, 1.165) is 33.9 Å². The highest BCUT2D eigenvalue weighted by Gasteiger charge is 2.10. The van der Waals surface area contributed by atoms with Crippen LogP contribution in [0.2, 0.25) is 5.02 Å². The van der Waals surface area contributed by atoms with Crippen LogP contribution >= 0.6 is 11.6 Å². The van der Waals surface area contributed by atoms with Crippen LogP contribution < -0.4 is 10.5 Å². The molecule has 0 saturated carbocycles. The van der Waals surface area contributed by atoms with Crippen molar-refractivity contribution < 1.29 is 4.74 Å². The fourth-order valence-electron chi connectivity index (χ4n) is 2.06. The average molecular weight is 290 g/mol. The third-order valence-electron chi connectivity index (χ3n) is 3.35. The molecule has 0 amide bonds. The van der Waals surface area contributed by atoms with E-state index in [9.17, 15) is 0 Å². The van der Waals surface area contributed by atoms with E-state index in [4.69, 9.17) is 22.1 Å².